The van der Waals surface area contributed by atoms with E-state index >= 15 is 0 Å². The Labute approximate surface area is 159 Å². The smallest absolute Gasteiger partial charge is 0.329 e. The van der Waals surface area contributed by atoms with Gasteiger partial charge in [0.25, 0.3) is 5.91 Å². The molecule has 5 nitrogen and oxygen atoms in total. The molecular weight excluding hydrogens is 369 g/mol. The molecule has 1 aromatic heterocycles. The molecular formula is C20H17F3N4O. The Kier molecular flexibility index (Phi) is 5.30. The molecule has 0 radical (unpaired) electrons. The molecule has 1 amide bonds. The quantitative estimate of drug-likeness (QED) is 0.698. The predicted octanol–water partition coefficient (Wildman–Crippen LogP) is 4.82. The molecule has 0 bridgehead atoms. The van der Waals surface area contributed by atoms with Gasteiger partial charge in [-0.05, 0) is 37.3 Å². The number of carbonyl (C=O) groups excluding carboxylic acids is 1. The normalized spacial score (nSPS) is 11.2. The number of aromatic nitrogens is 2. The second kappa shape index (κ2) is 7.67. The summed E-state index contributed by atoms with van der Waals surface area (Å²) < 4.78 is 38.5. The van der Waals surface area contributed by atoms with E-state index in [-0.39, 0.29) is 11.4 Å². The molecule has 0 saturated carbocycles. The van der Waals surface area contributed by atoms with Gasteiger partial charge in [0, 0.05) is 24.5 Å². The van der Waals surface area contributed by atoms with Gasteiger partial charge in [0.1, 0.15) is 17.3 Å². The van der Waals surface area contributed by atoms with Crippen LogP contribution < -0.4 is 10.2 Å². The van der Waals surface area contributed by atoms with Crippen molar-refractivity contribution in [3.8, 4) is 0 Å². The van der Waals surface area contributed by atoms with Crippen LogP contribution in [0.15, 0.2) is 60.7 Å². The van der Waals surface area contributed by atoms with Crippen molar-refractivity contribution in [2.45, 2.75) is 13.1 Å². The summed E-state index contributed by atoms with van der Waals surface area (Å²) in [6, 6.07) is 15.3. The van der Waals surface area contributed by atoms with Crippen LogP contribution in [0.3, 0.4) is 0 Å². The number of alkyl halides is 3. The van der Waals surface area contributed by atoms with Crippen molar-refractivity contribution in [1.82, 2.24) is 9.97 Å². The first-order valence-electron chi connectivity index (χ1n) is 8.37. The minimum absolute atomic E-state index is 0.0362. The van der Waals surface area contributed by atoms with E-state index < -0.39 is 17.6 Å². The van der Waals surface area contributed by atoms with Gasteiger partial charge < -0.3 is 10.2 Å². The zero-order chi connectivity index (χ0) is 20.3. The SMILES string of the molecule is Cc1nc(C(=O)Nc2cccc(C(F)(F)F)c2)cc(N(C)c2ccccc2)n1. The topological polar surface area (TPSA) is 58.1 Å². The number of rotatable bonds is 4. The maximum absolute atomic E-state index is 12.8. The summed E-state index contributed by atoms with van der Waals surface area (Å²) in [6.07, 6.45) is -4.49. The molecule has 3 aromatic rings. The summed E-state index contributed by atoms with van der Waals surface area (Å²) in [4.78, 5) is 22.8. The zero-order valence-electron chi connectivity index (χ0n) is 15.2. The van der Waals surface area contributed by atoms with Gasteiger partial charge in [-0.25, -0.2) is 9.97 Å². The Morgan fingerprint density at radius 1 is 1.00 bits per heavy atom. The number of anilines is 3. The number of aryl methyl sites for hydroxylation is 1. The van der Waals surface area contributed by atoms with Crippen molar-refractivity contribution < 1.29 is 18.0 Å². The van der Waals surface area contributed by atoms with E-state index in [1.165, 1.54) is 18.2 Å². The third-order valence-corrected chi connectivity index (χ3v) is 3.99. The number of para-hydroxylation sites is 1. The Morgan fingerprint density at radius 2 is 1.71 bits per heavy atom. The van der Waals surface area contributed by atoms with Gasteiger partial charge in [-0.2, -0.15) is 13.2 Å². The number of nitrogens with zero attached hydrogens (tertiary/aromatic N) is 3. The van der Waals surface area contributed by atoms with Crippen LogP contribution in [0.1, 0.15) is 21.9 Å². The van der Waals surface area contributed by atoms with E-state index in [1.807, 2.05) is 30.3 Å². The fourth-order valence-corrected chi connectivity index (χ4v) is 2.59. The first-order chi connectivity index (χ1) is 13.2. The Bertz CT molecular complexity index is 990. The summed E-state index contributed by atoms with van der Waals surface area (Å²) in [5.41, 5.74) is 0.121. The van der Waals surface area contributed by atoms with E-state index in [9.17, 15) is 18.0 Å². The van der Waals surface area contributed by atoms with Gasteiger partial charge in [-0.1, -0.05) is 24.3 Å². The summed E-state index contributed by atoms with van der Waals surface area (Å²) in [5.74, 6) is 0.245. The molecule has 1 heterocycles. The van der Waals surface area contributed by atoms with E-state index in [0.717, 1.165) is 17.8 Å². The highest BCUT2D eigenvalue weighted by Gasteiger charge is 2.30. The number of nitrogens with one attached hydrogen (secondary N) is 1. The average molecular weight is 386 g/mol. The minimum atomic E-state index is -4.49. The van der Waals surface area contributed by atoms with Crippen LogP contribution in [-0.4, -0.2) is 22.9 Å². The second-order valence-corrected chi connectivity index (χ2v) is 6.09. The largest absolute Gasteiger partial charge is 0.416 e. The summed E-state index contributed by atoms with van der Waals surface area (Å²) in [6.45, 7) is 1.64. The zero-order valence-corrected chi connectivity index (χ0v) is 15.2. The van der Waals surface area contributed by atoms with E-state index in [0.29, 0.717) is 11.6 Å². The molecule has 0 atom stereocenters. The maximum atomic E-state index is 12.8. The lowest BCUT2D eigenvalue weighted by atomic mass is 10.2. The first kappa shape index (κ1) is 19.3. The monoisotopic (exact) mass is 386 g/mol. The summed E-state index contributed by atoms with van der Waals surface area (Å²) in [7, 11) is 1.80. The molecule has 3 rings (SSSR count). The molecule has 2 aromatic carbocycles. The Balaban J connectivity index is 1.86. The van der Waals surface area contributed by atoms with Crippen molar-refractivity contribution in [3.05, 3.63) is 77.7 Å². The van der Waals surface area contributed by atoms with Gasteiger partial charge in [0.15, 0.2) is 0 Å². The number of amides is 1. The molecule has 0 aliphatic rings. The van der Waals surface area contributed by atoms with Crippen molar-refractivity contribution in [2.75, 3.05) is 17.3 Å². The number of hydrogen-bond donors (Lipinski definition) is 1. The summed E-state index contributed by atoms with van der Waals surface area (Å²) >= 11 is 0. The highest BCUT2D eigenvalue weighted by atomic mass is 19.4. The minimum Gasteiger partial charge on any atom is -0.329 e. The van der Waals surface area contributed by atoms with Crippen molar-refractivity contribution >= 4 is 23.1 Å². The molecule has 1 N–H and O–H groups in total. The molecule has 144 valence electrons. The Morgan fingerprint density at radius 3 is 2.39 bits per heavy atom. The molecule has 0 saturated heterocycles. The van der Waals surface area contributed by atoms with Crippen LogP contribution in [0.5, 0.6) is 0 Å². The number of halogens is 3. The number of hydrogen-bond acceptors (Lipinski definition) is 4. The average Bonchev–Trinajstić information content (AvgIpc) is 2.67. The van der Waals surface area contributed by atoms with Crippen molar-refractivity contribution in [2.24, 2.45) is 0 Å². The van der Waals surface area contributed by atoms with Gasteiger partial charge >= 0.3 is 6.18 Å². The molecule has 0 unspecified atom stereocenters. The summed E-state index contributed by atoms with van der Waals surface area (Å²) in [5, 5.41) is 2.46. The molecule has 0 aliphatic carbocycles. The van der Waals surface area contributed by atoms with Crippen LogP contribution >= 0.6 is 0 Å². The molecule has 0 aliphatic heterocycles. The van der Waals surface area contributed by atoms with E-state index in [1.54, 1.807) is 18.9 Å². The number of benzene rings is 2. The van der Waals surface area contributed by atoms with Crippen LogP contribution in [0.4, 0.5) is 30.4 Å². The lowest BCUT2D eigenvalue weighted by molar-refractivity contribution is -0.137. The second-order valence-electron chi connectivity index (χ2n) is 6.09. The first-order valence-corrected chi connectivity index (χ1v) is 8.37. The van der Waals surface area contributed by atoms with Crippen molar-refractivity contribution in [1.29, 1.82) is 0 Å². The predicted molar refractivity (Wildman–Crippen MR) is 101 cm³/mol. The lowest BCUT2D eigenvalue weighted by Crippen LogP contribution is -2.18. The van der Waals surface area contributed by atoms with Crippen LogP contribution in [0, 0.1) is 6.92 Å². The molecule has 8 heteroatoms. The highest BCUT2D eigenvalue weighted by molar-refractivity contribution is 6.03. The highest BCUT2D eigenvalue weighted by Crippen LogP contribution is 2.30. The third kappa shape index (κ3) is 4.46. The van der Waals surface area contributed by atoms with Gasteiger partial charge in [0.2, 0.25) is 0 Å². The van der Waals surface area contributed by atoms with Crippen molar-refractivity contribution in [3.63, 3.8) is 0 Å². The standard InChI is InChI=1S/C20H17F3N4O/c1-13-24-17(12-18(25-13)27(2)16-9-4-3-5-10-16)19(28)26-15-8-6-7-14(11-15)20(21,22)23/h3-12H,1-2H3,(H,26,28). The van der Waals surface area contributed by atoms with Crippen LogP contribution in [0.25, 0.3) is 0 Å². The number of carbonyl (C=O) groups is 1. The van der Waals surface area contributed by atoms with E-state index in [4.69, 9.17) is 0 Å². The van der Waals surface area contributed by atoms with Crippen LogP contribution in [-0.2, 0) is 6.18 Å². The fourth-order valence-electron chi connectivity index (χ4n) is 2.59. The fraction of sp³-hybridized carbons (Fsp3) is 0.150. The maximum Gasteiger partial charge on any atom is 0.416 e. The van der Waals surface area contributed by atoms with Gasteiger partial charge in [-0.3, -0.25) is 4.79 Å². The van der Waals surface area contributed by atoms with Gasteiger partial charge in [0.05, 0.1) is 5.56 Å². The lowest BCUT2D eigenvalue weighted by Gasteiger charge is -2.19. The van der Waals surface area contributed by atoms with Crippen LogP contribution in [0.2, 0.25) is 0 Å². The molecule has 0 fully saturated rings. The van der Waals surface area contributed by atoms with Gasteiger partial charge in [-0.15, -0.1) is 0 Å². The van der Waals surface area contributed by atoms with E-state index in [2.05, 4.69) is 15.3 Å². The molecule has 0 spiro atoms. The Hall–Kier alpha value is -3.42. The third-order valence-electron chi connectivity index (χ3n) is 3.99. The molecule has 28 heavy (non-hydrogen) atoms.